The van der Waals surface area contributed by atoms with Crippen LogP contribution in [0.15, 0.2) is 42.5 Å². The molecule has 0 aromatic heterocycles. The third kappa shape index (κ3) is 10.4. The average molecular weight is 1550 g/mol. The van der Waals surface area contributed by atoms with Crippen LogP contribution in [0.1, 0.15) is 51.7 Å². The van der Waals surface area contributed by atoms with Gasteiger partial charge in [0.2, 0.25) is 35.4 Å². The summed E-state index contributed by atoms with van der Waals surface area (Å²) in [7, 11) is 1.33. The van der Waals surface area contributed by atoms with Crippen LogP contribution in [0.4, 0.5) is 8.78 Å². The van der Waals surface area contributed by atoms with Crippen molar-refractivity contribution < 1.29 is 57.3 Å². The van der Waals surface area contributed by atoms with Gasteiger partial charge in [-0.25, -0.2) is 13.6 Å². The maximum absolute atomic E-state index is 14.5. The number of amides is 6. The summed E-state index contributed by atoms with van der Waals surface area (Å²) in [4.78, 5) is 100. The number of nitrogens with one attached hydrogen (secondary N) is 3. The Bertz CT molecular complexity index is 1900. The van der Waals surface area contributed by atoms with Crippen molar-refractivity contribution in [2.75, 3.05) is 20.1 Å². The van der Waals surface area contributed by atoms with Gasteiger partial charge in [0.05, 0.1) is 12.5 Å². The Balaban J connectivity index is 0.00000413. The number of rotatable bonds is 7. The van der Waals surface area contributed by atoms with Gasteiger partial charge in [0.25, 0.3) is 0 Å². The van der Waals surface area contributed by atoms with E-state index in [4.69, 9.17) is 4.74 Å². The quantitative estimate of drug-likeness (QED) is 0.233. The van der Waals surface area contributed by atoms with Crippen molar-refractivity contribution in [3.8, 4) is 5.75 Å². The Morgan fingerprint density at radius 2 is 1.45 bits per heavy atom. The molecule has 60 heavy (non-hydrogen) atoms. The summed E-state index contributed by atoms with van der Waals surface area (Å²) < 4.78 is 34.3. The first-order valence-electron chi connectivity index (χ1n) is 18.7. The molecule has 3 saturated heterocycles. The van der Waals surface area contributed by atoms with Crippen LogP contribution in [0.3, 0.4) is 0 Å². The van der Waals surface area contributed by atoms with Gasteiger partial charge in [-0.05, 0) is 68.5 Å². The van der Waals surface area contributed by atoms with Crippen molar-refractivity contribution >= 4 is 41.4 Å². The number of halogens is 2. The van der Waals surface area contributed by atoms with E-state index < -0.39 is 108 Å². The molecule has 5 N–H and O–H groups in total. The van der Waals surface area contributed by atoms with Crippen LogP contribution in [0.5, 0.6) is 5.75 Å². The molecule has 5 rings (SSSR count). The van der Waals surface area contributed by atoms with Gasteiger partial charge in [-0.1, -0.05) is 19.1 Å². The molecule has 338 valence electrons. The predicted octanol–water partition coefficient (Wildman–Crippen LogP) is -0.0791. The number of aliphatic hydroxyl groups excluding tert-OH is 1. The maximum atomic E-state index is 14.5. The number of cyclic esters (lactones) is 1. The molecule has 6 amide bonds. The molecule has 0 aliphatic carbocycles. The summed E-state index contributed by atoms with van der Waals surface area (Å²) in [6.45, 7) is 5.79. The van der Waals surface area contributed by atoms with Crippen LogP contribution in [0.25, 0.3) is 0 Å². The van der Waals surface area contributed by atoms with Gasteiger partial charge in [0.1, 0.15) is 59.7 Å². The Morgan fingerprint density at radius 1 is 0.850 bits per heavy atom. The van der Waals surface area contributed by atoms with Crippen LogP contribution in [-0.4, -0.2) is 135 Å². The molecular formula is C39H48Cf3F2N6O10. The van der Waals surface area contributed by atoms with E-state index in [2.05, 4.69) is 16.0 Å². The minimum Gasteiger partial charge on any atom is -0.508 e. The molecule has 3 fully saturated rings. The number of esters is 1. The van der Waals surface area contributed by atoms with Gasteiger partial charge in [0.15, 0.2) is 0 Å². The Labute approximate surface area is 327 Å². The minimum atomic E-state index is -1.76. The van der Waals surface area contributed by atoms with Crippen molar-refractivity contribution in [3.05, 3.63) is 65.2 Å². The number of aliphatic hydroxyl groups is 1. The van der Waals surface area contributed by atoms with E-state index in [-0.39, 0.29) is 49.6 Å². The number of fused-ring (bicyclic) bond motifs is 2. The SMILES string of the molecule is C[C@@H]1C[C@H]2C(=O)O[C@@H](C)[C@H](NC(=O)[C@H](Cc3cc(F)cc(F)c3)NC(=O)Cc3ccc(O)cc3)C(=O)N3C[C@H](O)C[C@H]3C(=O)N(C)[C@@H](C)C(=O)N[C@@H](C)C(=O)N2C1.[Cf].[Cf].[Cf]. The molecule has 3 aliphatic heterocycles. The van der Waals surface area contributed by atoms with Crippen LogP contribution in [0.2, 0.25) is 0 Å². The maximum Gasteiger partial charge on any atom is 0.329 e. The molecule has 0 radical (unpaired) electrons. The van der Waals surface area contributed by atoms with Gasteiger partial charge in [0, 0.05) is 39.0 Å². The number of phenolic OH excluding ortho intramolecular Hbond substituents is 1. The fourth-order valence-corrected chi connectivity index (χ4v) is 7.41. The number of carbonyl (C=O) groups is 7. The van der Waals surface area contributed by atoms with E-state index >= 15 is 0 Å². The summed E-state index contributed by atoms with van der Waals surface area (Å²) in [6.07, 6.45) is -3.44. The van der Waals surface area contributed by atoms with E-state index in [9.17, 15) is 52.6 Å². The van der Waals surface area contributed by atoms with Gasteiger partial charge in [-0.3, -0.25) is 28.8 Å². The Hall–Kier alpha value is -8.65. The number of benzene rings is 2. The Morgan fingerprint density at radius 3 is 2.07 bits per heavy atom. The normalized spacial score (nSPS) is 26.6. The molecule has 0 bridgehead atoms. The first-order chi connectivity index (χ1) is 26.8. The molecule has 2 aromatic rings. The number of phenols is 1. The fourth-order valence-electron chi connectivity index (χ4n) is 7.41. The summed E-state index contributed by atoms with van der Waals surface area (Å²) in [5.41, 5.74) is 0.433. The standard InChI is InChI=1S/C39H48F2N6O10.3Cf/c1-19-10-31-39(56)57-22(4)33(38(55)47-18-28(49)16-30(47)37(54)45(5)21(3)34(51)42-20(2)36(53)46(31)17-19)44-35(52)29(13-24-11-25(40)15-26(41)12-24)43-32(50)14-23-6-8-27(48)9-7-23;;;/h6-9,11-12,15,19-22,28-31,33,48-49H,10,13-14,16-18H2,1-5H3,(H,42,51)(H,43,50)(H,44,52);;;/t19-,20+,21+,22+,28-,29+,30+,31+,33+;;;/m1.../s1. The average Bonchev–Trinajstić information content (AvgIpc) is 3.74. The van der Waals surface area contributed by atoms with Crippen molar-refractivity contribution in [2.45, 2.75) is 102 Å². The summed E-state index contributed by atoms with van der Waals surface area (Å²) in [5, 5.41) is 28.0. The first-order valence-corrected chi connectivity index (χ1v) is 18.7. The van der Waals surface area contributed by atoms with Crippen LogP contribution >= 0.6 is 0 Å². The summed E-state index contributed by atoms with van der Waals surface area (Å²) in [6, 6.07) is 0.222. The minimum absolute atomic E-state index is 0. The molecule has 0 saturated carbocycles. The molecule has 9 atom stereocenters. The molecule has 0 unspecified atom stereocenters. The van der Waals surface area contributed by atoms with Crippen molar-refractivity contribution in [1.29, 1.82) is 0 Å². The van der Waals surface area contributed by atoms with Crippen molar-refractivity contribution in [2.24, 2.45) is 5.92 Å². The van der Waals surface area contributed by atoms with Gasteiger partial charge >= 0.3 is 5.97 Å². The van der Waals surface area contributed by atoms with E-state index in [1.807, 2.05) is 6.92 Å². The molecular weight excluding hydrogens is 1500 g/mol. The molecule has 3 heterocycles. The second kappa shape index (κ2) is 19.0. The third-order valence-corrected chi connectivity index (χ3v) is 10.6. The van der Waals surface area contributed by atoms with Gasteiger partial charge < -0.3 is 45.6 Å². The number of likely N-dealkylation sites (N-methyl/N-ethyl adjacent to an activating group) is 1. The summed E-state index contributed by atoms with van der Waals surface area (Å²) >= 11 is 0. The van der Waals surface area contributed by atoms with Crippen molar-refractivity contribution in [3.63, 3.8) is 0 Å². The molecule has 0 spiro atoms. The first kappa shape index (κ1) is 47.5. The van der Waals surface area contributed by atoms with Crippen LogP contribution < -0.4 is 16.0 Å². The number of hydrogen-bond acceptors (Lipinski definition) is 10. The number of nitrogens with zero attached hydrogens (tertiary/aromatic N) is 3. The van der Waals surface area contributed by atoms with Gasteiger partial charge in [-0.15, -0.1) is 0 Å². The summed E-state index contributed by atoms with van der Waals surface area (Å²) in [5.74, 6) is -7.69. The van der Waals surface area contributed by atoms with Crippen molar-refractivity contribution in [1.82, 2.24) is 30.7 Å². The number of aromatic hydroxyl groups is 1. The van der Waals surface area contributed by atoms with E-state index in [1.54, 1.807) is 0 Å². The Kier molecular flexibility index (Phi) is 15.0. The van der Waals surface area contributed by atoms with Gasteiger partial charge in [-0.2, -0.15) is 0 Å². The second-order valence-electron chi connectivity index (χ2n) is 15.2. The zero-order valence-electron chi connectivity index (χ0n) is 33.2. The van der Waals surface area contributed by atoms with E-state index in [1.165, 1.54) is 57.0 Å². The van der Waals surface area contributed by atoms with E-state index in [0.29, 0.717) is 11.6 Å². The molecule has 3 aliphatic rings. The number of ether oxygens (including phenoxy) is 1. The molecule has 21 heteroatoms. The smallest absolute Gasteiger partial charge is 0.329 e. The second-order valence-corrected chi connectivity index (χ2v) is 15.2. The monoisotopic (exact) mass is 1550 g/mol. The van der Waals surface area contributed by atoms with E-state index in [0.717, 1.165) is 21.9 Å². The zero-order valence-corrected chi connectivity index (χ0v) is 41.1. The van der Waals surface area contributed by atoms with Crippen LogP contribution in [-0.2, 0) is 51.1 Å². The van der Waals surface area contributed by atoms with Crippen LogP contribution in [0, 0.1) is 17.6 Å². The molecule has 2 aromatic carbocycles. The fraction of sp³-hybridized carbons (Fsp3) is 0.513. The third-order valence-electron chi connectivity index (χ3n) is 10.6. The topological polar surface area (TPSA) is 215 Å². The zero-order chi connectivity index (χ0) is 41.9. The predicted molar refractivity (Wildman–Crippen MR) is 197 cm³/mol. The molecule has 16 nitrogen and oxygen atoms in total. The number of hydrogen-bond donors (Lipinski definition) is 5. The number of carbonyl (C=O) groups excluding carboxylic acids is 7. The largest absolute Gasteiger partial charge is 0.508 e.